The number of nitrogens with one attached hydrogen (secondary N) is 1. The molecule has 0 aliphatic rings. The van der Waals surface area contributed by atoms with Crippen molar-refractivity contribution in [2.75, 3.05) is 20.3 Å². The largest absolute Gasteiger partial charge is 0.468 e. The van der Waals surface area contributed by atoms with Crippen molar-refractivity contribution in [2.24, 2.45) is 0 Å². The highest BCUT2D eigenvalue weighted by Gasteiger charge is 2.14. The molecular formula is C13H21NO4. The molecule has 1 heterocycles. The van der Waals surface area contributed by atoms with E-state index in [0.29, 0.717) is 13.2 Å². The van der Waals surface area contributed by atoms with Gasteiger partial charge < -0.3 is 19.2 Å². The first-order valence-electron chi connectivity index (χ1n) is 6.19. The summed E-state index contributed by atoms with van der Waals surface area (Å²) in [6.45, 7) is 3.79. The normalized spacial score (nSPS) is 12.3. The maximum Gasteiger partial charge on any atom is 0.322 e. The zero-order valence-corrected chi connectivity index (χ0v) is 11.0. The Hall–Kier alpha value is -1.33. The molecule has 0 saturated heterocycles. The molecule has 0 amide bonds. The van der Waals surface area contributed by atoms with Crippen molar-refractivity contribution in [3.8, 4) is 0 Å². The third-order valence-corrected chi connectivity index (χ3v) is 2.57. The minimum Gasteiger partial charge on any atom is -0.468 e. The van der Waals surface area contributed by atoms with Gasteiger partial charge in [-0.1, -0.05) is 6.92 Å². The molecular weight excluding hydrogens is 234 g/mol. The molecule has 0 fully saturated rings. The number of methoxy groups -OCH3 is 1. The standard InChI is InChI=1S/C13H21NO4/c1-3-12(13(15)16-2)14-7-5-8-17-10-11-6-4-9-18-11/h4,6,9,12,14H,3,5,7-8,10H2,1-2H3. The molecule has 1 aromatic rings. The van der Waals surface area contributed by atoms with Crippen LogP contribution in [0.25, 0.3) is 0 Å². The van der Waals surface area contributed by atoms with Gasteiger partial charge in [-0.25, -0.2) is 0 Å². The van der Waals surface area contributed by atoms with Gasteiger partial charge in [-0.05, 0) is 31.5 Å². The quantitative estimate of drug-likeness (QED) is 0.538. The lowest BCUT2D eigenvalue weighted by molar-refractivity contribution is -0.143. The summed E-state index contributed by atoms with van der Waals surface area (Å²) in [5.41, 5.74) is 0. The fourth-order valence-electron chi connectivity index (χ4n) is 1.55. The van der Waals surface area contributed by atoms with Gasteiger partial charge in [0.25, 0.3) is 0 Å². The first kappa shape index (κ1) is 14.7. The molecule has 102 valence electrons. The fraction of sp³-hybridized carbons (Fsp3) is 0.615. The number of hydrogen-bond acceptors (Lipinski definition) is 5. The van der Waals surface area contributed by atoms with Crippen LogP contribution in [0.5, 0.6) is 0 Å². The van der Waals surface area contributed by atoms with Crippen molar-refractivity contribution >= 4 is 5.97 Å². The van der Waals surface area contributed by atoms with Crippen LogP contribution in [-0.4, -0.2) is 32.3 Å². The molecule has 5 nitrogen and oxygen atoms in total. The number of hydrogen-bond donors (Lipinski definition) is 1. The summed E-state index contributed by atoms with van der Waals surface area (Å²) in [6, 6.07) is 3.49. The second kappa shape index (κ2) is 8.72. The van der Waals surface area contributed by atoms with E-state index >= 15 is 0 Å². The molecule has 1 N–H and O–H groups in total. The first-order valence-corrected chi connectivity index (χ1v) is 6.19. The van der Waals surface area contributed by atoms with Gasteiger partial charge in [0.15, 0.2) is 0 Å². The van der Waals surface area contributed by atoms with Gasteiger partial charge in [-0.2, -0.15) is 0 Å². The van der Waals surface area contributed by atoms with Crippen molar-refractivity contribution in [2.45, 2.75) is 32.4 Å². The monoisotopic (exact) mass is 255 g/mol. The fourth-order valence-corrected chi connectivity index (χ4v) is 1.55. The summed E-state index contributed by atoms with van der Waals surface area (Å²) < 4.78 is 15.3. The molecule has 0 bridgehead atoms. The van der Waals surface area contributed by atoms with Crippen molar-refractivity contribution in [1.29, 1.82) is 0 Å². The van der Waals surface area contributed by atoms with E-state index in [2.05, 4.69) is 10.1 Å². The van der Waals surface area contributed by atoms with Gasteiger partial charge in [0.05, 0.1) is 13.4 Å². The summed E-state index contributed by atoms with van der Waals surface area (Å²) in [5, 5.41) is 3.14. The zero-order valence-electron chi connectivity index (χ0n) is 11.0. The minimum absolute atomic E-state index is 0.214. The van der Waals surface area contributed by atoms with Crippen molar-refractivity contribution < 1.29 is 18.7 Å². The molecule has 1 atom stereocenters. The van der Waals surface area contributed by atoms with E-state index in [1.165, 1.54) is 7.11 Å². The van der Waals surface area contributed by atoms with Crippen LogP contribution in [-0.2, 0) is 20.9 Å². The zero-order chi connectivity index (χ0) is 13.2. The van der Waals surface area contributed by atoms with Crippen LogP contribution < -0.4 is 5.32 Å². The highest BCUT2D eigenvalue weighted by atomic mass is 16.5. The Kier molecular flexibility index (Phi) is 7.13. The second-order valence-electron chi connectivity index (χ2n) is 3.92. The van der Waals surface area contributed by atoms with Gasteiger partial charge in [-0.15, -0.1) is 0 Å². The third-order valence-electron chi connectivity index (χ3n) is 2.57. The highest BCUT2D eigenvalue weighted by Crippen LogP contribution is 2.01. The molecule has 18 heavy (non-hydrogen) atoms. The number of rotatable bonds is 9. The van der Waals surface area contributed by atoms with Crippen LogP contribution in [0.3, 0.4) is 0 Å². The van der Waals surface area contributed by atoms with E-state index < -0.39 is 0 Å². The summed E-state index contributed by atoms with van der Waals surface area (Å²) in [7, 11) is 1.40. The van der Waals surface area contributed by atoms with E-state index in [1.54, 1.807) is 6.26 Å². The second-order valence-corrected chi connectivity index (χ2v) is 3.92. The lowest BCUT2D eigenvalue weighted by Crippen LogP contribution is -2.37. The van der Waals surface area contributed by atoms with Gasteiger partial charge in [-0.3, -0.25) is 4.79 Å². The van der Waals surface area contributed by atoms with Gasteiger partial charge in [0, 0.05) is 6.61 Å². The van der Waals surface area contributed by atoms with E-state index in [1.807, 2.05) is 19.1 Å². The van der Waals surface area contributed by atoms with Crippen molar-refractivity contribution in [3.63, 3.8) is 0 Å². The third kappa shape index (κ3) is 5.33. The molecule has 1 aromatic heterocycles. The maximum atomic E-state index is 11.3. The van der Waals surface area contributed by atoms with E-state index in [4.69, 9.17) is 9.15 Å². The summed E-state index contributed by atoms with van der Waals surface area (Å²) in [4.78, 5) is 11.3. The van der Waals surface area contributed by atoms with Gasteiger partial charge in [0.2, 0.25) is 0 Å². The Morgan fingerprint density at radius 1 is 1.56 bits per heavy atom. The number of carbonyl (C=O) groups excluding carboxylic acids is 1. The Labute approximate surface area is 107 Å². The van der Waals surface area contributed by atoms with Crippen LogP contribution in [0.4, 0.5) is 0 Å². The minimum atomic E-state index is -0.222. The Bertz CT molecular complexity index is 324. The molecule has 0 aliphatic carbocycles. The first-order chi connectivity index (χ1) is 8.77. The van der Waals surface area contributed by atoms with Crippen molar-refractivity contribution in [1.82, 2.24) is 5.32 Å². The lowest BCUT2D eigenvalue weighted by atomic mass is 10.2. The van der Waals surface area contributed by atoms with Crippen LogP contribution in [0.2, 0.25) is 0 Å². The van der Waals surface area contributed by atoms with E-state index in [9.17, 15) is 4.79 Å². The maximum absolute atomic E-state index is 11.3. The van der Waals surface area contributed by atoms with Crippen LogP contribution >= 0.6 is 0 Å². The molecule has 0 spiro atoms. The number of ether oxygens (including phenoxy) is 2. The molecule has 0 radical (unpaired) electrons. The summed E-state index contributed by atoms with van der Waals surface area (Å²) in [6.07, 6.45) is 3.19. The molecule has 0 aromatic carbocycles. The number of esters is 1. The lowest BCUT2D eigenvalue weighted by Gasteiger charge is -2.14. The Balaban J connectivity index is 2.02. The highest BCUT2D eigenvalue weighted by molar-refractivity contribution is 5.75. The van der Waals surface area contributed by atoms with Gasteiger partial charge >= 0.3 is 5.97 Å². The van der Waals surface area contributed by atoms with Gasteiger partial charge in [0.1, 0.15) is 18.4 Å². The summed E-state index contributed by atoms with van der Waals surface area (Å²) >= 11 is 0. The van der Waals surface area contributed by atoms with E-state index in [-0.39, 0.29) is 12.0 Å². The van der Waals surface area contributed by atoms with Crippen LogP contribution in [0.15, 0.2) is 22.8 Å². The summed E-state index contributed by atoms with van der Waals surface area (Å²) in [5.74, 6) is 0.609. The smallest absolute Gasteiger partial charge is 0.322 e. The molecule has 1 rings (SSSR count). The van der Waals surface area contributed by atoms with Crippen LogP contribution in [0.1, 0.15) is 25.5 Å². The molecule has 0 aliphatic heterocycles. The average molecular weight is 255 g/mol. The molecule has 5 heteroatoms. The van der Waals surface area contributed by atoms with Crippen molar-refractivity contribution in [3.05, 3.63) is 24.2 Å². The predicted molar refractivity (Wildman–Crippen MR) is 67.1 cm³/mol. The molecule has 0 saturated carbocycles. The number of furan rings is 1. The SMILES string of the molecule is CCC(NCCCOCc1ccco1)C(=O)OC. The number of carbonyl (C=O) groups is 1. The predicted octanol–water partition coefficient (Wildman–Crippen LogP) is 1.73. The Morgan fingerprint density at radius 2 is 2.39 bits per heavy atom. The van der Waals surface area contributed by atoms with E-state index in [0.717, 1.165) is 25.1 Å². The topological polar surface area (TPSA) is 60.7 Å². The van der Waals surface area contributed by atoms with Crippen LogP contribution in [0, 0.1) is 0 Å². The Morgan fingerprint density at radius 3 is 3.00 bits per heavy atom. The average Bonchev–Trinajstić information content (AvgIpc) is 2.90. The molecule has 1 unspecified atom stereocenters.